The molecule has 0 saturated carbocycles. The Morgan fingerprint density at radius 2 is 2.00 bits per heavy atom. The number of hydrogen-bond donors (Lipinski definition) is 1. The molecule has 0 atom stereocenters. The molecule has 4 rings (SSSR count). The van der Waals surface area contributed by atoms with Crippen molar-refractivity contribution in [2.45, 2.75) is 6.54 Å². The lowest BCUT2D eigenvalue weighted by atomic mass is 10.1. The summed E-state index contributed by atoms with van der Waals surface area (Å²) in [6.45, 7) is 0.371. The van der Waals surface area contributed by atoms with Gasteiger partial charge in [-0.15, -0.1) is 0 Å². The number of para-hydroxylation sites is 2. The van der Waals surface area contributed by atoms with Crippen LogP contribution < -0.4 is 10.2 Å². The molecular weight excluding hydrogens is 385 g/mol. The molecule has 4 nitrogen and oxygen atoms in total. The van der Waals surface area contributed by atoms with Gasteiger partial charge in [-0.1, -0.05) is 18.2 Å². The number of nitrogens with zero attached hydrogens (tertiary/aromatic N) is 2. The Morgan fingerprint density at radius 3 is 2.84 bits per heavy atom. The van der Waals surface area contributed by atoms with Crippen LogP contribution in [0.15, 0.2) is 65.3 Å². The van der Waals surface area contributed by atoms with Crippen molar-refractivity contribution in [3.05, 3.63) is 82.2 Å². The lowest BCUT2D eigenvalue weighted by Crippen LogP contribution is -2.30. The van der Waals surface area contributed by atoms with E-state index in [1.807, 2.05) is 36.4 Å². The van der Waals surface area contributed by atoms with E-state index in [0.29, 0.717) is 16.6 Å². The van der Waals surface area contributed by atoms with E-state index in [-0.39, 0.29) is 5.91 Å². The Hall–Kier alpha value is -2.73. The Bertz CT molecular complexity index is 976. The summed E-state index contributed by atoms with van der Waals surface area (Å²) in [6, 6.07) is 15.4. The largest absolute Gasteiger partial charge is 0.338 e. The third-order valence-electron chi connectivity index (χ3n) is 4.07. The van der Waals surface area contributed by atoms with Crippen LogP contribution >= 0.6 is 15.9 Å². The van der Waals surface area contributed by atoms with Crippen molar-refractivity contribution in [1.82, 2.24) is 4.98 Å². The van der Waals surface area contributed by atoms with Gasteiger partial charge >= 0.3 is 0 Å². The van der Waals surface area contributed by atoms with Crippen molar-refractivity contribution in [3.8, 4) is 0 Å². The minimum Gasteiger partial charge on any atom is -0.338 e. The average Bonchev–Trinajstić information content (AvgIpc) is 2.78. The number of benzene rings is 2. The number of fused-ring (bicyclic) bond motifs is 2. The highest BCUT2D eigenvalue weighted by atomic mass is 79.9. The number of nitrogens with one attached hydrogen (secondary N) is 1. The summed E-state index contributed by atoms with van der Waals surface area (Å²) in [5.41, 5.74) is 2.86. The topological polar surface area (TPSA) is 45.2 Å². The maximum Gasteiger partial charge on any atom is 0.259 e. The monoisotopic (exact) mass is 397 g/mol. The summed E-state index contributed by atoms with van der Waals surface area (Å²) in [5, 5.41) is 3.29. The standard InChI is InChI=1S/C19H13BrFN3O/c20-15-10-13(21)7-8-14(15)19(25)24-11-12-4-3-9-22-18(12)23-16-5-1-2-6-17(16)24/h1-10H,11H2,(H,22,23). The zero-order valence-electron chi connectivity index (χ0n) is 13.0. The maximum absolute atomic E-state index is 13.4. The summed E-state index contributed by atoms with van der Waals surface area (Å²) >= 11 is 3.29. The first-order valence-corrected chi connectivity index (χ1v) is 8.49. The summed E-state index contributed by atoms with van der Waals surface area (Å²) in [5.74, 6) is 0.122. The van der Waals surface area contributed by atoms with Crippen LogP contribution in [0.1, 0.15) is 15.9 Å². The first-order valence-electron chi connectivity index (χ1n) is 7.70. The van der Waals surface area contributed by atoms with Crippen molar-refractivity contribution in [3.63, 3.8) is 0 Å². The van der Waals surface area contributed by atoms with Gasteiger partial charge in [0.25, 0.3) is 5.91 Å². The predicted molar refractivity (Wildman–Crippen MR) is 98.6 cm³/mol. The highest BCUT2D eigenvalue weighted by molar-refractivity contribution is 9.10. The molecule has 0 radical (unpaired) electrons. The van der Waals surface area contributed by atoms with E-state index in [4.69, 9.17) is 0 Å². The van der Waals surface area contributed by atoms with Crippen LogP contribution in [0, 0.1) is 5.82 Å². The van der Waals surface area contributed by atoms with Crippen LogP contribution in [0.3, 0.4) is 0 Å². The van der Waals surface area contributed by atoms with E-state index in [0.717, 1.165) is 22.8 Å². The summed E-state index contributed by atoms with van der Waals surface area (Å²) in [7, 11) is 0. The lowest BCUT2D eigenvalue weighted by molar-refractivity contribution is 0.0984. The van der Waals surface area contributed by atoms with E-state index in [1.54, 1.807) is 11.1 Å². The molecule has 1 aromatic heterocycles. The zero-order chi connectivity index (χ0) is 17.4. The number of carbonyl (C=O) groups excluding carboxylic acids is 1. The first-order chi connectivity index (χ1) is 12.1. The Labute approximate surface area is 152 Å². The Kier molecular flexibility index (Phi) is 3.97. The third kappa shape index (κ3) is 2.89. The molecule has 6 heteroatoms. The van der Waals surface area contributed by atoms with Gasteiger partial charge in [-0.25, -0.2) is 9.37 Å². The van der Waals surface area contributed by atoms with Gasteiger partial charge in [0.15, 0.2) is 0 Å². The van der Waals surface area contributed by atoms with Gasteiger partial charge in [0.2, 0.25) is 0 Å². The molecular formula is C19H13BrFN3O. The van der Waals surface area contributed by atoms with Crippen LogP contribution in [0.4, 0.5) is 21.6 Å². The molecule has 1 aliphatic rings. The van der Waals surface area contributed by atoms with Gasteiger partial charge < -0.3 is 10.2 Å². The number of hydrogen-bond acceptors (Lipinski definition) is 3. The molecule has 1 N–H and O–H groups in total. The minimum atomic E-state index is -0.393. The average molecular weight is 398 g/mol. The third-order valence-corrected chi connectivity index (χ3v) is 4.73. The van der Waals surface area contributed by atoms with Gasteiger partial charge in [-0.3, -0.25) is 4.79 Å². The Balaban J connectivity index is 1.84. The molecule has 3 aromatic rings. The molecule has 0 spiro atoms. The number of aromatic nitrogens is 1. The minimum absolute atomic E-state index is 0.210. The fourth-order valence-electron chi connectivity index (χ4n) is 2.87. The molecule has 0 saturated heterocycles. The molecule has 0 unspecified atom stereocenters. The Morgan fingerprint density at radius 1 is 1.16 bits per heavy atom. The van der Waals surface area contributed by atoms with E-state index >= 15 is 0 Å². The fourth-order valence-corrected chi connectivity index (χ4v) is 3.39. The zero-order valence-corrected chi connectivity index (χ0v) is 14.6. The van der Waals surface area contributed by atoms with E-state index in [9.17, 15) is 9.18 Å². The number of halogens is 2. The summed E-state index contributed by atoms with van der Waals surface area (Å²) < 4.78 is 13.8. The molecule has 2 aromatic carbocycles. The fraction of sp³-hybridized carbons (Fsp3) is 0.0526. The van der Waals surface area contributed by atoms with Crippen molar-refractivity contribution in [1.29, 1.82) is 0 Å². The predicted octanol–water partition coefficient (Wildman–Crippen LogP) is 4.89. The molecule has 2 heterocycles. The number of anilines is 3. The molecule has 124 valence electrons. The maximum atomic E-state index is 13.4. The van der Waals surface area contributed by atoms with Crippen molar-refractivity contribution in [2.75, 3.05) is 10.2 Å². The number of carbonyl (C=O) groups is 1. The van der Waals surface area contributed by atoms with Crippen LogP contribution in [0.2, 0.25) is 0 Å². The quantitative estimate of drug-likeness (QED) is 0.635. The molecule has 25 heavy (non-hydrogen) atoms. The van der Waals surface area contributed by atoms with Crippen LogP contribution in [-0.2, 0) is 6.54 Å². The molecule has 0 aliphatic carbocycles. The highest BCUT2D eigenvalue weighted by Gasteiger charge is 2.26. The molecule has 1 amide bonds. The molecule has 0 fully saturated rings. The SMILES string of the molecule is O=C(c1ccc(F)cc1Br)N1Cc2cccnc2Nc2ccccc21. The first kappa shape index (κ1) is 15.8. The van der Waals surface area contributed by atoms with Crippen molar-refractivity contribution >= 4 is 39.0 Å². The van der Waals surface area contributed by atoms with E-state index in [2.05, 4.69) is 26.2 Å². The number of amides is 1. The summed E-state index contributed by atoms with van der Waals surface area (Å²) in [6.07, 6.45) is 1.71. The van der Waals surface area contributed by atoms with E-state index in [1.165, 1.54) is 18.2 Å². The van der Waals surface area contributed by atoms with Crippen molar-refractivity contribution in [2.24, 2.45) is 0 Å². The number of rotatable bonds is 1. The van der Waals surface area contributed by atoms with Gasteiger partial charge in [-0.2, -0.15) is 0 Å². The van der Waals surface area contributed by atoms with Crippen LogP contribution in [0.5, 0.6) is 0 Å². The summed E-state index contributed by atoms with van der Waals surface area (Å²) in [4.78, 5) is 19.2. The highest BCUT2D eigenvalue weighted by Crippen LogP contribution is 2.36. The van der Waals surface area contributed by atoms with Gasteiger partial charge in [0, 0.05) is 16.2 Å². The number of pyridine rings is 1. The molecule has 1 aliphatic heterocycles. The van der Waals surface area contributed by atoms with E-state index < -0.39 is 5.82 Å². The lowest BCUT2D eigenvalue weighted by Gasteiger charge is -2.23. The van der Waals surface area contributed by atoms with Gasteiger partial charge in [-0.05, 0) is 52.3 Å². The normalized spacial score (nSPS) is 12.6. The van der Waals surface area contributed by atoms with Gasteiger partial charge in [0.1, 0.15) is 11.6 Å². The smallest absolute Gasteiger partial charge is 0.259 e. The second-order valence-corrected chi connectivity index (χ2v) is 6.52. The second-order valence-electron chi connectivity index (χ2n) is 5.67. The second kappa shape index (κ2) is 6.29. The molecule has 0 bridgehead atoms. The van der Waals surface area contributed by atoms with Crippen LogP contribution in [0.25, 0.3) is 0 Å². The van der Waals surface area contributed by atoms with Gasteiger partial charge in [0.05, 0.1) is 23.5 Å². The van der Waals surface area contributed by atoms with Crippen LogP contribution in [-0.4, -0.2) is 10.9 Å². The van der Waals surface area contributed by atoms with Crippen molar-refractivity contribution < 1.29 is 9.18 Å².